The van der Waals surface area contributed by atoms with Crippen LogP contribution in [-0.2, 0) is 14.3 Å². The molecule has 0 radical (unpaired) electrons. The summed E-state index contributed by atoms with van der Waals surface area (Å²) in [6.45, 7) is 1.43. The van der Waals surface area contributed by atoms with Gasteiger partial charge in [0.2, 0.25) is 0 Å². The number of benzene rings is 2. The maximum atomic E-state index is 12.0. The number of amides is 1. The Balaban J connectivity index is 1.94. The van der Waals surface area contributed by atoms with Gasteiger partial charge in [-0.2, -0.15) is 0 Å². The number of nitrogens with one attached hydrogen (secondary N) is 1. The highest BCUT2D eigenvalue weighted by molar-refractivity contribution is 6.30. The third-order valence-corrected chi connectivity index (χ3v) is 3.33. The van der Waals surface area contributed by atoms with Crippen molar-refractivity contribution in [1.82, 2.24) is 0 Å². The Morgan fingerprint density at radius 2 is 1.83 bits per heavy atom. The smallest absolute Gasteiger partial charge is 0.340 e. The fraction of sp³-hybridized carbons (Fsp3) is 0.176. The molecule has 5 nitrogen and oxygen atoms in total. The van der Waals surface area contributed by atoms with Crippen molar-refractivity contribution in [2.45, 2.75) is 19.1 Å². The van der Waals surface area contributed by atoms with Crippen LogP contribution in [0, 0.1) is 0 Å². The van der Waals surface area contributed by atoms with E-state index >= 15 is 0 Å². The summed E-state index contributed by atoms with van der Waals surface area (Å²) in [5.41, 5.74) is 0.897. The van der Waals surface area contributed by atoms with Crippen molar-refractivity contribution in [3.8, 4) is 0 Å². The predicted octanol–water partition coefficient (Wildman–Crippen LogP) is 2.94. The minimum Gasteiger partial charge on any atom is -0.450 e. The second-order valence-electron chi connectivity index (χ2n) is 4.89. The van der Waals surface area contributed by atoms with Gasteiger partial charge in [0.1, 0.15) is 0 Å². The minimum absolute atomic E-state index is 0.403. The zero-order chi connectivity index (χ0) is 16.8. The lowest BCUT2D eigenvalue weighted by atomic mass is 10.1. The maximum absolute atomic E-state index is 12.0. The van der Waals surface area contributed by atoms with E-state index in [2.05, 4.69) is 5.32 Å². The molecule has 23 heavy (non-hydrogen) atoms. The lowest BCUT2D eigenvalue weighted by Crippen LogP contribution is -2.31. The van der Waals surface area contributed by atoms with E-state index in [1.165, 1.54) is 6.92 Å². The van der Waals surface area contributed by atoms with Gasteiger partial charge in [0.05, 0.1) is 0 Å². The quantitative estimate of drug-likeness (QED) is 0.825. The van der Waals surface area contributed by atoms with Gasteiger partial charge < -0.3 is 15.2 Å². The first-order valence-electron chi connectivity index (χ1n) is 6.97. The molecular formula is C17H16ClNO4. The predicted molar refractivity (Wildman–Crippen MR) is 87.0 cm³/mol. The van der Waals surface area contributed by atoms with E-state index in [1.54, 1.807) is 54.6 Å². The topological polar surface area (TPSA) is 75.6 Å². The molecule has 120 valence electrons. The third kappa shape index (κ3) is 4.81. The van der Waals surface area contributed by atoms with Crippen LogP contribution < -0.4 is 5.32 Å². The standard InChI is InChI=1S/C17H16ClNO4/c1-11(16(21)19-14-9-5-8-13(18)10-14)23-17(22)15(20)12-6-3-2-4-7-12/h2-11,15,20H,1H3,(H,19,21)/t11-,15-/m1/s1. The van der Waals surface area contributed by atoms with Crippen molar-refractivity contribution < 1.29 is 19.4 Å². The van der Waals surface area contributed by atoms with Crippen LogP contribution in [0.4, 0.5) is 5.69 Å². The SMILES string of the molecule is C[C@@H](OC(=O)[C@H](O)c1ccccc1)C(=O)Nc1cccc(Cl)c1. The summed E-state index contributed by atoms with van der Waals surface area (Å²) in [6.07, 6.45) is -2.49. The molecule has 2 N–H and O–H groups in total. The molecule has 0 bridgehead atoms. The van der Waals surface area contributed by atoms with Gasteiger partial charge in [-0.1, -0.05) is 48.0 Å². The number of esters is 1. The van der Waals surface area contributed by atoms with Crippen LogP contribution in [0.25, 0.3) is 0 Å². The molecule has 0 saturated carbocycles. The molecule has 0 saturated heterocycles. The fourth-order valence-electron chi connectivity index (χ4n) is 1.87. The molecule has 0 aliphatic carbocycles. The summed E-state index contributed by atoms with van der Waals surface area (Å²) in [6, 6.07) is 15.0. The summed E-state index contributed by atoms with van der Waals surface area (Å²) < 4.78 is 5.00. The van der Waals surface area contributed by atoms with Crippen molar-refractivity contribution in [3.63, 3.8) is 0 Å². The van der Waals surface area contributed by atoms with Crippen molar-refractivity contribution in [2.75, 3.05) is 5.32 Å². The number of anilines is 1. The molecule has 0 aliphatic rings. The van der Waals surface area contributed by atoms with Crippen molar-refractivity contribution >= 4 is 29.2 Å². The van der Waals surface area contributed by atoms with Crippen LogP contribution in [0.15, 0.2) is 54.6 Å². The van der Waals surface area contributed by atoms with Crippen LogP contribution >= 0.6 is 11.6 Å². The van der Waals surface area contributed by atoms with Gasteiger partial charge in [0.15, 0.2) is 12.2 Å². The zero-order valence-electron chi connectivity index (χ0n) is 12.4. The summed E-state index contributed by atoms with van der Waals surface area (Å²) in [5, 5.41) is 13.0. The maximum Gasteiger partial charge on any atom is 0.340 e. The summed E-state index contributed by atoms with van der Waals surface area (Å²) in [7, 11) is 0. The first kappa shape index (κ1) is 17.0. The Morgan fingerprint density at radius 3 is 2.48 bits per heavy atom. The molecular weight excluding hydrogens is 318 g/mol. The molecule has 2 atom stereocenters. The van der Waals surface area contributed by atoms with E-state index in [1.807, 2.05) is 0 Å². The number of carbonyl (C=O) groups is 2. The van der Waals surface area contributed by atoms with Gasteiger partial charge in [-0.05, 0) is 30.7 Å². The number of aliphatic hydroxyl groups is 1. The second-order valence-corrected chi connectivity index (χ2v) is 5.33. The van der Waals surface area contributed by atoms with E-state index in [-0.39, 0.29) is 0 Å². The number of hydrogen-bond acceptors (Lipinski definition) is 4. The lowest BCUT2D eigenvalue weighted by Gasteiger charge is -2.16. The van der Waals surface area contributed by atoms with E-state index in [0.717, 1.165) is 0 Å². The molecule has 2 aromatic rings. The van der Waals surface area contributed by atoms with Crippen LogP contribution in [-0.4, -0.2) is 23.1 Å². The van der Waals surface area contributed by atoms with E-state index < -0.39 is 24.1 Å². The Hall–Kier alpha value is -2.37. The Morgan fingerprint density at radius 1 is 1.13 bits per heavy atom. The Kier molecular flexibility index (Phi) is 5.73. The molecule has 0 heterocycles. The molecule has 0 spiro atoms. The number of ether oxygens (including phenoxy) is 1. The first-order valence-corrected chi connectivity index (χ1v) is 7.35. The average Bonchev–Trinajstić information content (AvgIpc) is 2.54. The highest BCUT2D eigenvalue weighted by atomic mass is 35.5. The molecule has 2 rings (SSSR count). The number of rotatable bonds is 5. The summed E-state index contributed by atoms with van der Waals surface area (Å²) in [4.78, 5) is 23.9. The zero-order valence-corrected chi connectivity index (χ0v) is 13.2. The Labute approximate surface area is 138 Å². The van der Waals surface area contributed by atoms with E-state index in [4.69, 9.17) is 16.3 Å². The Bertz CT molecular complexity index is 690. The van der Waals surface area contributed by atoms with Gasteiger partial charge in [-0.15, -0.1) is 0 Å². The molecule has 1 amide bonds. The normalized spacial score (nSPS) is 13.0. The van der Waals surface area contributed by atoms with Crippen LogP contribution in [0.3, 0.4) is 0 Å². The number of aliphatic hydroxyl groups excluding tert-OH is 1. The van der Waals surface area contributed by atoms with Gasteiger partial charge in [-0.25, -0.2) is 4.79 Å². The molecule has 0 aromatic heterocycles. The first-order chi connectivity index (χ1) is 11.0. The van der Waals surface area contributed by atoms with Crippen LogP contribution in [0.1, 0.15) is 18.6 Å². The molecule has 0 unspecified atom stereocenters. The van der Waals surface area contributed by atoms with E-state index in [0.29, 0.717) is 16.3 Å². The van der Waals surface area contributed by atoms with Crippen molar-refractivity contribution in [2.24, 2.45) is 0 Å². The van der Waals surface area contributed by atoms with Crippen LogP contribution in [0.2, 0.25) is 5.02 Å². The summed E-state index contributed by atoms with van der Waals surface area (Å²) >= 11 is 5.83. The summed E-state index contributed by atoms with van der Waals surface area (Å²) in [5.74, 6) is -1.40. The molecule has 2 aromatic carbocycles. The molecule has 0 aliphatic heterocycles. The number of hydrogen-bond donors (Lipinski definition) is 2. The minimum atomic E-state index is -1.43. The average molecular weight is 334 g/mol. The highest BCUT2D eigenvalue weighted by Crippen LogP contribution is 2.17. The van der Waals surface area contributed by atoms with E-state index in [9.17, 15) is 14.7 Å². The fourth-order valence-corrected chi connectivity index (χ4v) is 2.06. The van der Waals surface area contributed by atoms with Gasteiger partial charge in [0, 0.05) is 10.7 Å². The van der Waals surface area contributed by atoms with Crippen molar-refractivity contribution in [3.05, 3.63) is 65.2 Å². The monoisotopic (exact) mass is 333 g/mol. The number of halogens is 1. The lowest BCUT2D eigenvalue weighted by molar-refractivity contribution is -0.162. The third-order valence-electron chi connectivity index (χ3n) is 3.09. The molecule has 0 fully saturated rings. The number of carbonyl (C=O) groups excluding carboxylic acids is 2. The molecule has 6 heteroatoms. The highest BCUT2D eigenvalue weighted by Gasteiger charge is 2.24. The van der Waals surface area contributed by atoms with Gasteiger partial charge in [-0.3, -0.25) is 4.79 Å². The van der Waals surface area contributed by atoms with Gasteiger partial charge >= 0.3 is 5.97 Å². The largest absolute Gasteiger partial charge is 0.450 e. The van der Waals surface area contributed by atoms with Gasteiger partial charge in [0.25, 0.3) is 5.91 Å². The van der Waals surface area contributed by atoms with Crippen molar-refractivity contribution in [1.29, 1.82) is 0 Å². The van der Waals surface area contributed by atoms with Crippen LogP contribution in [0.5, 0.6) is 0 Å². The second kappa shape index (κ2) is 7.76.